The number of amides is 1. The van der Waals surface area contributed by atoms with E-state index in [1.54, 1.807) is 18.3 Å². The van der Waals surface area contributed by atoms with E-state index in [0.717, 1.165) is 23.7 Å². The van der Waals surface area contributed by atoms with E-state index in [1.807, 2.05) is 0 Å². The van der Waals surface area contributed by atoms with Crippen molar-refractivity contribution >= 4 is 27.7 Å². The Labute approximate surface area is 125 Å². The van der Waals surface area contributed by atoms with Crippen molar-refractivity contribution in [3.8, 4) is 0 Å². The summed E-state index contributed by atoms with van der Waals surface area (Å²) in [6.45, 7) is 0. The summed E-state index contributed by atoms with van der Waals surface area (Å²) in [5.41, 5.74) is 5.33. The maximum absolute atomic E-state index is 12.3. The van der Waals surface area contributed by atoms with Crippen molar-refractivity contribution in [2.75, 3.05) is 0 Å². The largest absolute Gasteiger partial charge is 0.409 e. The summed E-state index contributed by atoms with van der Waals surface area (Å²) in [7, 11) is 0. The Morgan fingerprint density at radius 1 is 1.40 bits per heavy atom. The third-order valence-electron chi connectivity index (χ3n) is 3.62. The van der Waals surface area contributed by atoms with Crippen LogP contribution >= 0.6 is 15.9 Å². The molecule has 20 heavy (non-hydrogen) atoms. The number of hydrogen-bond acceptors (Lipinski definition) is 4. The number of carbonyl (C=O) groups is 1. The molecule has 1 amide bonds. The van der Waals surface area contributed by atoms with Gasteiger partial charge in [-0.1, -0.05) is 24.4 Å². The number of pyridine rings is 1. The van der Waals surface area contributed by atoms with Crippen LogP contribution in [0.1, 0.15) is 42.6 Å². The van der Waals surface area contributed by atoms with Crippen molar-refractivity contribution in [1.82, 2.24) is 10.3 Å². The van der Waals surface area contributed by atoms with Gasteiger partial charge in [-0.15, -0.1) is 0 Å². The van der Waals surface area contributed by atoms with Crippen LogP contribution < -0.4 is 11.1 Å². The zero-order valence-corrected chi connectivity index (χ0v) is 12.6. The van der Waals surface area contributed by atoms with Crippen molar-refractivity contribution in [2.45, 2.75) is 37.6 Å². The molecule has 0 atom stereocenters. The van der Waals surface area contributed by atoms with Gasteiger partial charge in [-0.25, -0.2) is 4.98 Å². The molecular weight excluding hydrogens is 324 g/mol. The van der Waals surface area contributed by atoms with E-state index >= 15 is 0 Å². The summed E-state index contributed by atoms with van der Waals surface area (Å²) in [6, 6.07) is 3.38. The second-order valence-corrected chi connectivity index (χ2v) is 5.86. The molecule has 6 nitrogen and oxygen atoms in total. The monoisotopic (exact) mass is 340 g/mol. The summed E-state index contributed by atoms with van der Waals surface area (Å²) in [6.07, 6.45) is 5.86. The summed E-state index contributed by atoms with van der Waals surface area (Å²) in [5.74, 6) is -0.256. The molecule has 4 N–H and O–H groups in total. The van der Waals surface area contributed by atoms with Crippen LogP contribution in [0.15, 0.2) is 28.0 Å². The van der Waals surface area contributed by atoms with Gasteiger partial charge < -0.3 is 16.3 Å². The topological polar surface area (TPSA) is 101 Å². The lowest BCUT2D eigenvalue weighted by Crippen LogP contribution is -2.58. The lowest BCUT2D eigenvalue weighted by Gasteiger charge is -2.36. The van der Waals surface area contributed by atoms with Crippen LogP contribution in [0, 0.1) is 0 Å². The first-order valence-electron chi connectivity index (χ1n) is 6.49. The van der Waals surface area contributed by atoms with Gasteiger partial charge in [0.25, 0.3) is 5.91 Å². The average Bonchev–Trinajstić information content (AvgIpc) is 2.48. The molecule has 1 heterocycles. The van der Waals surface area contributed by atoms with Crippen LogP contribution in [0.25, 0.3) is 0 Å². The molecule has 2 rings (SSSR count). The average molecular weight is 341 g/mol. The number of oxime groups is 1. The zero-order chi connectivity index (χ0) is 14.6. The van der Waals surface area contributed by atoms with Gasteiger partial charge in [-0.3, -0.25) is 4.79 Å². The van der Waals surface area contributed by atoms with Crippen LogP contribution in [0.2, 0.25) is 0 Å². The Kier molecular flexibility index (Phi) is 4.59. The first kappa shape index (κ1) is 14.8. The van der Waals surface area contributed by atoms with Gasteiger partial charge in [-0.05, 0) is 40.9 Å². The standard InChI is InChI=1S/C13H17BrN4O2/c14-9-4-5-10(16-8-9)11(19)17-13(12(15)18-20)6-2-1-3-7-13/h4-5,8,20H,1-3,6-7H2,(H2,15,18)(H,17,19). The zero-order valence-electron chi connectivity index (χ0n) is 11.0. The quantitative estimate of drug-likeness (QED) is 0.339. The summed E-state index contributed by atoms with van der Waals surface area (Å²) >= 11 is 3.27. The molecule has 1 fully saturated rings. The molecule has 0 unspecified atom stereocenters. The normalized spacial score (nSPS) is 18.6. The molecule has 108 valence electrons. The Balaban J connectivity index is 2.19. The summed E-state index contributed by atoms with van der Waals surface area (Å²) < 4.78 is 0.804. The second kappa shape index (κ2) is 6.21. The number of halogens is 1. The van der Waals surface area contributed by atoms with Crippen LogP contribution in [-0.4, -0.2) is 27.5 Å². The van der Waals surface area contributed by atoms with E-state index < -0.39 is 5.54 Å². The number of amidine groups is 1. The van der Waals surface area contributed by atoms with Gasteiger partial charge in [-0.2, -0.15) is 0 Å². The molecule has 1 aromatic heterocycles. The Morgan fingerprint density at radius 2 is 2.10 bits per heavy atom. The number of aromatic nitrogens is 1. The van der Waals surface area contributed by atoms with Crippen LogP contribution in [0.4, 0.5) is 0 Å². The van der Waals surface area contributed by atoms with Gasteiger partial charge in [0.15, 0.2) is 5.84 Å². The van der Waals surface area contributed by atoms with E-state index in [-0.39, 0.29) is 11.7 Å². The number of nitrogens with two attached hydrogens (primary N) is 1. The van der Waals surface area contributed by atoms with Gasteiger partial charge in [0.1, 0.15) is 11.2 Å². The fraction of sp³-hybridized carbons (Fsp3) is 0.462. The highest BCUT2D eigenvalue weighted by atomic mass is 79.9. The summed E-state index contributed by atoms with van der Waals surface area (Å²) in [4.78, 5) is 16.3. The minimum absolute atomic E-state index is 0.0580. The van der Waals surface area contributed by atoms with Gasteiger partial charge in [0, 0.05) is 10.7 Å². The number of rotatable bonds is 3. The third-order valence-corrected chi connectivity index (χ3v) is 4.09. The van der Waals surface area contributed by atoms with Gasteiger partial charge in [0.2, 0.25) is 0 Å². The third kappa shape index (κ3) is 3.09. The lowest BCUT2D eigenvalue weighted by molar-refractivity contribution is 0.0900. The Bertz CT molecular complexity index is 510. The number of nitrogens with zero attached hydrogens (tertiary/aromatic N) is 2. The van der Waals surface area contributed by atoms with Crippen LogP contribution in [-0.2, 0) is 0 Å². The van der Waals surface area contributed by atoms with Crippen molar-refractivity contribution in [1.29, 1.82) is 0 Å². The lowest BCUT2D eigenvalue weighted by atomic mass is 9.80. The smallest absolute Gasteiger partial charge is 0.270 e. The van der Waals surface area contributed by atoms with E-state index in [1.165, 1.54) is 0 Å². The highest BCUT2D eigenvalue weighted by Gasteiger charge is 2.38. The molecule has 0 saturated heterocycles. The number of nitrogens with one attached hydrogen (secondary N) is 1. The van der Waals surface area contributed by atoms with Crippen molar-refractivity contribution in [2.24, 2.45) is 10.9 Å². The summed E-state index contributed by atoms with van der Waals surface area (Å²) in [5, 5.41) is 14.9. The Hall–Kier alpha value is -1.63. The Morgan fingerprint density at radius 3 is 2.65 bits per heavy atom. The predicted octanol–water partition coefficient (Wildman–Crippen LogP) is 2.02. The van der Waals surface area contributed by atoms with Crippen molar-refractivity contribution in [3.63, 3.8) is 0 Å². The highest BCUT2D eigenvalue weighted by Crippen LogP contribution is 2.28. The van der Waals surface area contributed by atoms with Gasteiger partial charge >= 0.3 is 0 Å². The van der Waals surface area contributed by atoms with Crippen molar-refractivity contribution < 1.29 is 10.0 Å². The van der Waals surface area contributed by atoms with E-state index in [0.29, 0.717) is 18.5 Å². The molecule has 0 radical (unpaired) electrons. The molecule has 0 aliphatic heterocycles. The molecule has 0 aromatic carbocycles. The van der Waals surface area contributed by atoms with Crippen LogP contribution in [0.5, 0.6) is 0 Å². The highest BCUT2D eigenvalue weighted by molar-refractivity contribution is 9.10. The van der Waals surface area contributed by atoms with Crippen LogP contribution in [0.3, 0.4) is 0 Å². The van der Waals surface area contributed by atoms with E-state index in [9.17, 15) is 4.79 Å². The molecule has 0 spiro atoms. The molecular formula is C13H17BrN4O2. The molecule has 7 heteroatoms. The SMILES string of the molecule is NC(=NO)C1(NC(=O)c2ccc(Br)cn2)CCCCC1. The number of carbonyl (C=O) groups excluding carboxylic acids is 1. The minimum atomic E-state index is -0.765. The van der Waals surface area contributed by atoms with Crippen molar-refractivity contribution in [3.05, 3.63) is 28.5 Å². The molecule has 1 aromatic rings. The predicted molar refractivity (Wildman–Crippen MR) is 78.6 cm³/mol. The fourth-order valence-electron chi connectivity index (χ4n) is 2.49. The molecule has 0 bridgehead atoms. The fourth-order valence-corrected chi connectivity index (χ4v) is 2.72. The van der Waals surface area contributed by atoms with E-state index in [2.05, 4.69) is 31.4 Å². The minimum Gasteiger partial charge on any atom is -0.409 e. The second-order valence-electron chi connectivity index (χ2n) is 4.94. The first-order valence-corrected chi connectivity index (χ1v) is 7.29. The molecule has 1 aliphatic rings. The number of hydrogen-bond donors (Lipinski definition) is 3. The van der Waals surface area contributed by atoms with E-state index in [4.69, 9.17) is 10.9 Å². The van der Waals surface area contributed by atoms with Gasteiger partial charge in [0.05, 0.1) is 0 Å². The molecule has 1 aliphatic carbocycles. The first-order chi connectivity index (χ1) is 9.57. The maximum Gasteiger partial charge on any atom is 0.270 e. The maximum atomic E-state index is 12.3. The molecule has 1 saturated carbocycles.